The van der Waals surface area contributed by atoms with Crippen LogP contribution in [0.3, 0.4) is 0 Å². The fourth-order valence-corrected chi connectivity index (χ4v) is 3.47. The second-order valence-corrected chi connectivity index (χ2v) is 6.22. The zero-order valence-electron chi connectivity index (χ0n) is 12.2. The van der Waals surface area contributed by atoms with Crippen molar-refractivity contribution in [3.63, 3.8) is 0 Å². The van der Waals surface area contributed by atoms with Gasteiger partial charge in [0.15, 0.2) is 0 Å². The first-order valence-electron chi connectivity index (χ1n) is 7.20. The third-order valence-electron chi connectivity index (χ3n) is 3.45. The van der Waals surface area contributed by atoms with Gasteiger partial charge >= 0.3 is 0 Å². The number of hydrogen-bond acceptors (Lipinski definition) is 2. The number of carbonyl (C=O) groups excluding carboxylic acids is 1. The lowest BCUT2D eigenvalue weighted by molar-refractivity contribution is -0.128. The normalized spacial score (nSPS) is 18.3. The minimum absolute atomic E-state index is 0.105. The summed E-state index contributed by atoms with van der Waals surface area (Å²) in [4.78, 5) is 16.6. The predicted molar refractivity (Wildman–Crippen MR) is 90.1 cm³/mol. The molecule has 1 aliphatic heterocycles. The molecule has 21 heavy (non-hydrogen) atoms. The van der Waals surface area contributed by atoms with Crippen molar-refractivity contribution < 1.29 is 4.79 Å². The molecule has 0 saturated heterocycles. The van der Waals surface area contributed by atoms with E-state index in [0.29, 0.717) is 0 Å². The summed E-state index contributed by atoms with van der Waals surface area (Å²) in [5.41, 5.74) is 0. The standard InChI is InChI=1S/C18H21NOS/c1-3-5-12-19-15(9-4-2)13-17(14-18(19)20)21-16-10-7-6-8-11-16/h3-4,6-8,10-11,14-15H,1-2,5,9,12-13H2. The minimum atomic E-state index is 0.105. The van der Waals surface area contributed by atoms with E-state index in [9.17, 15) is 4.79 Å². The molecule has 110 valence electrons. The molecule has 1 amide bonds. The summed E-state index contributed by atoms with van der Waals surface area (Å²) in [5.74, 6) is 0.105. The van der Waals surface area contributed by atoms with Gasteiger partial charge in [-0.05, 0) is 36.3 Å². The van der Waals surface area contributed by atoms with Crippen LogP contribution in [0, 0.1) is 0 Å². The van der Waals surface area contributed by atoms with E-state index in [-0.39, 0.29) is 11.9 Å². The first-order valence-corrected chi connectivity index (χ1v) is 8.02. The van der Waals surface area contributed by atoms with Crippen LogP contribution in [0.5, 0.6) is 0 Å². The van der Waals surface area contributed by atoms with E-state index in [1.54, 1.807) is 17.8 Å². The van der Waals surface area contributed by atoms with Crippen LogP contribution in [0.1, 0.15) is 19.3 Å². The Bertz CT molecular complexity index is 535. The van der Waals surface area contributed by atoms with Crippen LogP contribution in [0.25, 0.3) is 0 Å². The van der Waals surface area contributed by atoms with E-state index in [4.69, 9.17) is 0 Å². The van der Waals surface area contributed by atoms with Crippen LogP contribution >= 0.6 is 11.8 Å². The predicted octanol–water partition coefficient (Wildman–Crippen LogP) is 4.42. The van der Waals surface area contributed by atoms with E-state index in [0.717, 1.165) is 30.7 Å². The van der Waals surface area contributed by atoms with Gasteiger partial charge in [0.1, 0.15) is 0 Å². The highest BCUT2D eigenvalue weighted by Gasteiger charge is 2.27. The van der Waals surface area contributed by atoms with Crippen LogP contribution in [0.15, 0.2) is 71.5 Å². The largest absolute Gasteiger partial charge is 0.335 e. The second-order valence-electron chi connectivity index (χ2n) is 5.02. The Morgan fingerprint density at radius 3 is 2.67 bits per heavy atom. The number of nitrogens with zero attached hydrogens (tertiary/aromatic N) is 1. The highest BCUT2D eigenvalue weighted by atomic mass is 32.2. The molecular weight excluding hydrogens is 278 g/mol. The number of amides is 1. The molecule has 3 heteroatoms. The number of benzene rings is 1. The molecule has 0 aromatic heterocycles. The van der Waals surface area contributed by atoms with Gasteiger partial charge in [-0.2, -0.15) is 0 Å². The van der Waals surface area contributed by atoms with Crippen LogP contribution < -0.4 is 0 Å². The first-order chi connectivity index (χ1) is 10.2. The molecule has 0 fully saturated rings. The van der Waals surface area contributed by atoms with Gasteiger partial charge in [0, 0.05) is 23.6 Å². The Morgan fingerprint density at radius 1 is 1.24 bits per heavy atom. The van der Waals surface area contributed by atoms with Crippen LogP contribution in [-0.4, -0.2) is 23.4 Å². The number of carbonyl (C=O) groups is 1. The molecular formula is C18H21NOS. The average molecular weight is 299 g/mol. The Balaban J connectivity index is 2.11. The van der Waals surface area contributed by atoms with Crippen LogP contribution in [0.4, 0.5) is 0 Å². The topological polar surface area (TPSA) is 20.3 Å². The highest BCUT2D eigenvalue weighted by molar-refractivity contribution is 8.03. The summed E-state index contributed by atoms with van der Waals surface area (Å²) < 4.78 is 0. The van der Waals surface area contributed by atoms with E-state index in [1.165, 1.54) is 4.90 Å². The van der Waals surface area contributed by atoms with Gasteiger partial charge in [-0.25, -0.2) is 0 Å². The summed E-state index contributed by atoms with van der Waals surface area (Å²) in [5, 5.41) is 0. The maximum Gasteiger partial charge on any atom is 0.247 e. The molecule has 0 bridgehead atoms. The van der Waals surface area contributed by atoms with Crippen molar-refractivity contribution in [2.45, 2.75) is 30.2 Å². The van der Waals surface area contributed by atoms with Crippen molar-refractivity contribution in [1.82, 2.24) is 4.90 Å². The summed E-state index contributed by atoms with van der Waals surface area (Å²) in [7, 11) is 0. The molecule has 1 heterocycles. The van der Waals surface area contributed by atoms with E-state index < -0.39 is 0 Å². The Kier molecular flexibility index (Phi) is 5.88. The zero-order chi connectivity index (χ0) is 15.1. The second kappa shape index (κ2) is 7.89. The lowest BCUT2D eigenvalue weighted by Gasteiger charge is -2.34. The molecule has 0 radical (unpaired) electrons. The van der Waals surface area contributed by atoms with Gasteiger partial charge in [-0.1, -0.05) is 42.1 Å². The molecule has 0 aliphatic carbocycles. The molecule has 1 aromatic rings. The maximum absolute atomic E-state index is 12.4. The smallest absolute Gasteiger partial charge is 0.247 e. The van der Waals surface area contributed by atoms with Gasteiger partial charge in [-0.15, -0.1) is 13.2 Å². The van der Waals surface area contributed by atoms with E-state index >= 15 is 0 Å². The first kappa shape index (κ1) is 15.6. The van der Waals surface area contributed by atoms with Gasteiger partial charge in [0.2, 0.25) is 5.91 Å². The molecule has 1 aliphatic rings. The zero-order valence-corrected chi connectivity index (χ0v) is 13.0. The van der Waals surface area contributed by atoms with Gasteiger partial charge < -0.3 is 4.90 Å². The third kappa shape index (κ3) is 4.36. The van der Waals surface area contributed by atoms with Crippen molar-refractivity contribution in [2.24, 2.45) is 0 Å². The monoisotopic (exact) mass is 299 g/mol. The summed E-state index contributed by atoms with van der Waals surface area (Å²) in [6, 6.07) is 10.4. The number of rotatable bonds is 7. The minimum Gasteiger partial charge on any atom is -0.335 e. The SMILES string of the molecule is C=CCCN1C(=O)C=C(Sc2ccccc2)CC1CC=C. The Morgan fingerprint density at radius 2 is 2.00 bits per heavy atom. The van der Waals surface area contributed by atoms with E-state index in [1.807, 2.05) is 35.3 Å². The van der Waals surface area contributed by atoms with Crippen LogP contribution in [-0.2, 0) is 4.79 Å². The number of hydrogen-bond donors (Lipinski definition) is 0. The molecule has 2 rings (SSSR count). The fraction of sp³-hybridized carbons (Fsp3) is 0.278. The average Bonchev–Trinajstić information content (AvgIpc) is 2.48. The van der Waals surface area contributed by atoms with Gasteiger partial charge in [0.05, 0.1) is 0 Å². The molecule has 1 aromatic carbocycles. The van der Waals surface area contributed by atoms with Crippen molar-refractivity contribution in [3.05, 3.63) is 66.6 Å². The molecule has 1 atom stereocenters. The molecule has 0 spiro atoms. The lowest BCUT2D eigenvalue weighted by atomic mass is 10.0. The number of thioether (sulfide) groups is 1. The van der Waals surface area contributed by atoms with Crippen LogP contribution in [0.2, 0.25) is 0 Å². The van der Waals surface area contributed by atoms with Gasteiger partial charge in [0.25, 0.3) is 0 Å². The highest BCUT2D eigenvalue weighted by Crippen LogP contribution is 2.34. The molecule has 1 unspecified atom stereocenters. The lowest BCUT2D eigenvalue weighted by Crippen LogP contribution is -2.42. The van der Waals surface area contributed by atoms with Crippen molar-refractivity contribution in [3.8, 4) is 0 Å². The fourth-order valence-electron chi connectivity index (χ4n) is 2.44. The molecule has 0 saturated carbocycles. The summed E-state index contributed by atoms with van der Waals surface area (Å²) >= 11 is 1.68. The third-order valence-corrected chi connectivity index (χ3v) is 4.50. The van der Waals surface area contributed by atoms with E-state index in [2.05, 4.69) is 25.3 Å². The van der Waals surface area contributed by atoms with Gasteiger partial charge in [-0.3, -0.25) is 4.79 Å². The summed E-state index contributed by atoms with van der Waals surface area (Å²) in [6.07, 6.45) is 8.09. The Hall–Kier alpha value is -1.74. The van der Waals surface area contributed by atoms with Crippen molar-refractivity contribution >= 4 is 17.7 Å². The maximum atomic E-state index is 12.4. The summed E-state index contributed by atoms with van der Waals surface area (Å²) in [6.45, 7) is 8.29. The molecule has 2 nitrogen and oxygen atoms in total. The van der Waals surface area contributed by atoms with Crippen molar-refractivity contribution in [1.29, 1.82) is 0 Å². The molecule has 0 N–H and O–H groups in total. The Labute approximate surface area is 131 Å². The van der Waals surface area contributed by atoms with Crippen molar-refractivity contribution in [2.75, 3.05) is 6.54 Å². The quantitative estimate of drug-likeness (QED) is 0.695.